The molecule has 0 aliphatic carbocycles. The van der Waals surface area contributed by atoms with Crippen LogP contribution >= 0.6 is 15.6 Å². The maximum Gasteiger partial charge on any atom is 0.472 e. The van der Waals surface area contributed by atoms with Gasteiger partial charge in [-0.1, -0.05) is 303 Å². The molecule has 19 heteroatoms. The smallest absolute Gasteiger partial charge is 0.462 e. The SMILES string of the molecule is CCCCCC/C=C\C=C/CCCCCCCC(=O)OC[C@H](COP(=O)(O)OC[C@@H](O)COP(=O)(O)OC[C@@H](COC(=O)CCCCCCCCC(C)CC)OC(=O)CCCCCCCCCCCC(C)C)OC(=O)CCCCCCCCCCCCCCCCCC. The number of unbranched alkanes of at least 4 members (excludes halogenated alkanes) is 37. The quantitative estimate of drug-likeness (QED) is 0.0169. The summed E-state index contributed by atoms with van der Waals surface area (Å²) in [5.41, 5.74) is 0. The standard InChI is InChI=1S/C74H140O17P2/c1-7-10-12-14-16-18-20-22-24-26-28-30-34-38-46-52-58-73(78)90-69(62-84-71(76)56-50-44-37-33-29-27-25-23-21-19-17-15-13-11-8-2)64-88-92(80,81)86-60-68(75)61-87-93(82,83)89-65-70(63-85-72(77)57-51-45-41-40-43-49-55-67(6)9-3)91-74(79)59-53-47-39-35-31-32-36-42-48-54-66(4)5/h19,21,23,25,66-70,75H,7-18,20,22,24,26-65H2,1-6H3,(H,80,81)(H,82,83)/b21-19-,25-23-/t67?,68-,69-,70-/m1/s1. The number of aliphatic hydroxyl groups is 1. The highest BCUT2D eigenvalue weighted by Gasteiger charge is 2.30. The fourth-order valence-electron chi connectivity index (χ4n) is 10.7. The average molecular weight is 1360 g/mol. The second kappa shape index (κ2) is 65.5. The molecule has 0 aliphatic heterocycles. The number of allylic oxidation sites excluding steroid dienone is 4. The van der Waals surface area contributed by atoms with E-state index in [-0.39, 0.29) is 25.7 Å². The van der Waals surface area contributed by atoms with Gasteiger partial charge in [-0.3, -0.25) is 37.3 Å². The number of hydrogen-bond donors (Lipinski definition) is 3. The first-order valence-electron chi connectivity index (χ1n) is 37.8. The van der Waals surface area contributed by atoms with Crippen LogP contribution in [0.25, 0.3) is 0 Å². The summed E-state index contributed by atoms with van der Waals surface area (Å²) < 4.78 is 68.4. The first-order valence-corrected chi connectivity index (χ1v) is 40.8. The predicted molar refractivity (Wildman–Crippen MR) is 377 cm³/mol. The van der Waals surface area contributed by atoms with Crippen LogP contribution < -0.4 is 0 Å². The lowest BCUT2D eigenvalue weighted by molar-refractivity contribution is -0.161. The molecular weight excluding hydrogens is 1220 g/mol. The second-order valence-corrected chi connectivity index (χ2v) is 29.6. The average Bonchev–Trinajstić information content (AvgIpc) is 2.56. The van der Waals surface area contributed by atoms with Gasteiger partial charge in [0.05, 0.1) is 26.4 Å². The molecule has 0 fully saturated rings. The zero-order valence-electron chi connectivity index (χ0n) is 60.0. The van der Waals surface area contributed by atoms with Gasteiger partial charge in [0.1, 0.15) is 19.3 Å². The Morgan fingerprint density at radius 2 is 0.634 bits per heavy atom. The third-order valence-electron chi connectivity index (χ3n) is 16.9. The fourth-order valence-corrected chi connectivity index (χ4v) is 12.3. The molecule has 3 N–H and O–H groups in total. The van der Waals surface area contributed by atoms with Gasteiger partial charge in [0.2, 0.25) is 0 Å². The van der Waals surface area contributed by atoms with Gasteiger partial charge >= 0.3 is 39.5 Å². The molecule has 0 heterocycles. The van der Waals surface area contributed by atoms with Gasteiger partial charge in [-0.05, 0) is 63.2 Å². The van der Waals surface area contributed by atoms with Crippen molar-refractivity contribution in [3.63, 3.8) is 0 Å². The summed E-state index contributed by atoms with van der Waals surface area (Å²) in [5.74, 6) is -0.686. The first-order chi connectivity index (χ1) is 44.9. The molecule has 0 saturated heterocycles. The van der Waals surface area contributed by atoms with Crippen molar-refractivity contribution < 1.29 is 80.2 Å². The van der Waals surface area contributed by atoms with Crippen molar-refractivity contribution in [2.24, 2.45) is 11.8 Å². The molecule has 93 heavy (non-hydrogen) atoms. The zero-order valence-corrected chi connectivity index (χ0v) is 61.8. The number of carbonyl (C=O) groups excluding carboxylic acids is 4. The van der Waals surface area contributed by atoms with Crippen molar-refractivity contribution in [3.05, 3.63) is 24.3 Å². The molecule has 0 radical (unpaired) electrons. The van der Waals surface area contributed by atoms with Gasteiger partial charge in [-0.2, -0.15) is 0 Å². The van der Waals surface area contributed by atoms with E-state index in [9.17, 15) is 43.2 Å². The molecule has 0 amide bonds. The highest BCUT2D eigenvalue weighted by molar-refractivity contribution is 7.47. The molecule has 0 saturated carbocycles. The minimum atomic E-state index is -4.96. The van der Waals surface area contributed by atoms with Crippen LogP contribution in [0.3, 0.4) is 0 Å². The Labute approximate surface area is 567 Å². The number of esters is 4. The molecule has 0 bridgehead atoms. The predicted octanol–water partition coefficient (Wildman–Crippen LogP) is 21.1. The van der Waals surface area contributed by atoms with Crippen LogP contribution in [0.2, 0.25) is 0 Å². The van der Waals surface area contributed by atoms with Crippen molar-refractivity contribution in [3.8, 4) is 0 Å². The number of phosphoric ester groups is 2. The number of hydrogen-bond acceptors (Lipinski definition) is 15. The van der Waals surface area contributed by atoms with E-state index in [2.05, 4.69) is 65.8 Å². The Hall–Kier alpha value is -2.46. The number of phosphoric acid groups is 2. The first kappa shape index (κ1) is 90.5. The fraction of sp³-hybridized carbons (Fsp3) is 0.892. The molecule has 3 unspecified atom stereocenters. The van der Waals surface area contributed by atoms with Crippen LogP contribution in [0.4, 0.5) is 0 Å². The third kappa shape index (κ3) is 66.6. The maximum atomic E-state index is 13.1. The van der Waals surface area contributed by atoms with E-state index in [1.807, 2.05) is 0 Å². The van der Waals surface area contributed by atoms with Crippen molar-refractivity contribution in [2.45, 2.75) is 374 Å². The van der Waals surface area contributed by atoms with Gasteiger partial charge < -0.3 is 33.8 Å². The van der Waals surface area contributed by atoms with Crippen LogP contribution in [-0.4, -0.2) is 96.7 Å². The topological polar surface area (TPSA) is 237 Å². The minimum Gasteiger partial charge on any atom is -0.462 e. The number of aliphatic hydroxyl groups excluding tert-OH is 1. The van der Waals surface area contributed by atoms with E-state index < -0.39 is 97.5 Å². The third-order valence-corrected chi connectivity index (χ3v) is 18.8. The maximum absolute atomic E-state index is 13.1. The van der Waals surface area contributed by atoms with Crippen LogP contribution in [-0.2, 0) is 65.4 Å². The van der Waals surface area contributed by atoms with Gasteiger partial charge in [0, 0.05) is 25.7 Å². The Bertz CT molecular complexity index is 1900. The summed E-state index contributed by atoms with van der Waals surface area (Å²) >= 11 is 0. The van der Waals surface area contributed by atoms with Gasteiger partial charge in [0.15, 0.2) is 12.2 Å². The van der Waals surface area contributed by atoms with Crippen LogP contribution in [0.1, 0.15) is 356 Å². The summed E-state index contributed by atoms with van der Waals surface area (Å²) in [7, 11) is -9.92. The summed E-state index contributed by atoms with van der Waals surface area (Å²) in [4.78, 5) is 72.7. The van der Waals surface area contributed by atoms with Crippen molar-refractivity contribution in [2.75, 3.05) is 39.6 Å². The molecule has 6 atom stereocenters. The largest absolute Gasteiger partial charge is 0.472 e. The lowest BCUT2D eigenvalue weighted by Gasteiger charge is -2.21. The molecule has 0 rings (SSSR count). The van der Waals surface area contributed by atoms with Gasteiger partial charge in [-0.25, -0.2) is 9.13 Å². The molecule has 0 spiro atoms. The second-order valence-electron chi connectivity index (χ2n) is 26.7. The van der Waals surface area contributed by atoms with Crippen LogP contribution in [0, 0.1) is 11.8 Å². The van der Waals surface area contributed by atoms with Crippen LogP contribution in [0.15, 0.2) is 24.3 Å². The van der Waals surface area contributed by atoms with E-state index in [0.717, 1.165) is 127 Å². The Balaban J connectivity index is 5.29. The van der Waals surface area contributed by atoms with Crippen molar-refractivity contribution in [1.82, 2.24) is 0 Å². The minimum absolute atomic E-state index is 0.101. The molecule has 0 aromatic heterocycles. The highest BCUT2D eigenvalue weighted by Crippen LogP contribution is 2.45. The van der Waals surface area contributed by atoms with Gasteiger partial charge in [-0.15, -0.1) is 0 Å². The highest BCUT2D eigenvalue weighted by atomic mass is 31.2. The molecule has 0 aromatic rings. The van der Waals surface area contributed by atoms with Crippen LogP contribution in [0.5, 0.6) is 0 Å². The summed E-state index contributed by atoms with van der Waals surface area (Å²) in [6.07, 6.45) is 54.9. The van der Waals surface area contributed by atoms with Crippen molar-refractivity contribution in [1.29, 1.82) is 0 Å². The summed E-state index contributed by atoms with van der Waals surface area (Å²) in [5, 5.41) is 10.6. The van der Waals surface area contributed by atoms with E-state index in [4.69, 9.17) is 37.0 Å². The normalized spacial score (nSPS) is 14.5. The number of rotatable bonds is 71. The van der Waals surface area contributed by atoms with E-state index >= 15 is 0 Å². The lowest BCUT2D eigenvalue weighted by Crippen LogP contribution is -2.30. The molecule has 17 nitrogen and oxygen atoms in total. The Morgan fingerprint density at radius 3 is 0.968 bits per heavy atom. The molecule has 548 valence electrons. The number of carbonyl (C=O) groups is 4. The van der Waals surface area contributed by atoms with E-state index in [1.165, 1.54) is 148 Å². The Morgan fingerprint density at radius 1 is 0.355 bits per heavy atom. The Kier molecular flexibility index (Phi) is 63.7. The zero-order chi connectivity index (χ0) is 68.6. The summed E-state index contributed by atoms with van der Waals surface area (Å²) in [6, 6.07) is 0. The van der Waals surface area contributed by atoms with Crippen molar-refractivity contribution >= 4 is 39.5 Å². The monoisotopic (exact) mass is 1360 g/mol. The number of ether oxygens (including phenoxy) is 4. The van der Waals surface area contributed by atoms with Gasteiger partial charge in [0.25, 0.3) is 0 Å². The molecule has 0 aliphatic rings. The lowest BCUT2D eigenvalue weighted by atomic mass is 10.00. The molecular formula is C74H140O17P2. The van der Waals surface area contributed by atoms with E-state index in [1.54, 1.807) is 0 Å². The van der Waals surface area contributed by atoms with E-state index in [0.29, 0.717) is 25.7 Å². The summed E-state index contributed by atoms with van der Waals surface area (Å²) in [6.45, 7) is 9.45. The molecule has 0 aromatic carbocycles.